The van der Waals surface area contributed by atoms with Crippen molar-refractivity contribution in [2.75, 3.05) is 5.75 Å². The predicted octanol–water partition coefficient (Wildman–Crippen LogP) is 1.41. The van der Waals surface area contributed by atoms with Crippen molar-refractivity contribution in [3.8, 4) is 0 Å². The molecule has 2 rings (SSSR count). The van der Waals surface area contributed by atoms with Crippen LogP contribution >= 0.6 is 11.8 Å². The van der Waals surface area contributed by atoms with Crippen molar-refractivity contribution in [2.24, 2.45) is 5.92 Å². The second-order valence-corrected chi connectivity index (χ2v) is 6.56. The molecule has 0 spiro atoms. The molecule has 0 bridgehead atoms. The highest BCUT2D eigenvalue weighted by atomic mass is 32.2. The molecule has 8 heteroatoms. The molecule has 2 unspecified atom stereocenters. The summed E-state index contributed by atoms with van der Waals surface area (Å²) < 4.78 is 0. The third kappa shape index (κ3) is 3.31. The van der Waals surface area contributed by atoms with Crippen LogP contribution in [0.4, 0.5) is 4.79 Å². The summed E-state index contributed by atoms with van der Waals surface area (Å²) in [6.07, 6.45) is 1.66. The molecule has 7 nitrogen and oxygen atoms in total. The first-order valence-electron chi connectivity index (χ1n) is 6.81. The molecule has 1 aromatic rings. The lowest BCUT2D eigenvalue weighted by Gasteiger charge is -2.29. The number of rotatable bonds is 4. The first kappa shape index (κ1) is 15.7. The zero-order valence-corrected chi connectivity index (χ0v) is 13.1. The molecule has 1 fully saturated rings. The van der Waals surface area contributed by atoms with Crippen molar-refractivity contribution in [3.63, 3.8) is 0 Å². The number of amides is 2. The van der Waals surface area contributed by atoms with Crippen LogP contribution in [0.3, 0.4) is 0 Å². The number of thioether (sulfide) groups is 1. The first-order chi connectivity index (χ1) is 9.91. The number of carbonyl (C=O) groups excluding carboxylic acids is 1. The number of nitrogens with one attached hydrogen (secondary N) is 2. The predicted molar refractivity (Wildman–Crippen MR) is 79.9 cm³/mol. The SMILES string of the molecule is Cc1[nH]ncc1CNC(=O)N1C(C(=O)O)CSC1C(C)C. The average Bonchev–Trinajstić information content (AvgIpc) is 3.02. The summed E-state index contributed by atoms with van der Waals surface area (Å²) in [5.41, 5.74) is 1.78. The van der Waals surface area contributed by atoms with Crippen molar-refractivity contribution >= 4 is 23.8 Å². The van der Waals surface area contributed by atoms with Crippen LogP contribution in [0, 0.1) is 12.8 Å². The molecule has 2 amide bonds. The van der Waals surface area contributed by atoms with Crippen molar-refractivity contribution < 1.29 is 14.7 Å². The van der Waals surface area contributed by atoms with E-state index in [-0.39, 0.29) is 17.3 Å². The van der Waals surface area contributed by atoms with Gasteiger partial charge in [-0.3, -0.25) is 10.00 Å². The Labute approximate surface area is 127 Å². The lowest BCUT2D eigenvalue weighted by Crippen LogP contribution is -2.51. The fourth-order valence-electron chi connectivity index (χ4n) is 2.30. The van der Waals surface area contributed by atoms with Crippen LogP contribution in [0.2, 0.25) is 0 Å². The lowest BCUT2D eigenvalue weighted by molar-refractivity contribution is -0.141. The Hall–Kier alpha value is -1.70. The summed E-state index contributed by atoms with van der Waals surface area (Å²) in [5, 5.41) is 18.7. The monoisotopic (exact) mass is 312 g/mol. The van der Waals surface area contributed by atoms with Crippen LogP contribution in [-0.4, -0.2) is 49.4 Å². The molecular weight excluding hydrogens is 292 g/mol. The van der Waals surface area contributed by atoms with Gasteiger partial charge < -0.3 is 10.4 Å². The van der Waals surface area contributed by atoms with E-state index in [9.17, 15) is 14.7 Å². The summed E-state index contributed by atoms with van der Waals surface area (Å²) in [4.78, 5) is 25.2. The molecule has 0 saturated carbocycles. The second-order valence-electron chi connectivity index (χ2n) is 5.41. The molecule has 1 aliphatic heterocycles. The van der Waals surface area contributed by atoms with E-state index >= 15 is 0 Å². The Morgan fingerprint density at radius 1 is 1.62 bits per heavy atom. The van der Waals surface area contributed by atoms with Gasteiger partial charge in [0.1, 0.15) is 6.04 Å². The van der Waals surface area contributed by atoms with Crippen LogP contribution in [0.15, 0.2) is 6.20 Å². The normalized spacial score (nSPS) is 21.8. The zero-order chi connectivity index (χ0) is 15.6. The maximum Gasteiger partial charge on any atom is 0.327 e. The number of hydrogen-bond donors (Lipinski definition) is 3. The van der Waals surface area contributed by atoms with E-state index in [0.717, 1.165) is 11.3 Å². The maximum atomic E-state index is 12.4. The van der Waals surface area contributed by atoms with Crippen LogP contribution in [0.5, 0.6) is 0 Å². The van der Waals surface area contributed by atoms with Gasteiger partial charge in [0.2, 0.25) is 0 Å². The largest absolute Gasteiger partial charge is 0.480 e. The molecule has 1 aliphatic rings. The number of carboxylic acids is 1. The highest BCUT2D eigenvalue weighted by Crippen LogP contribution is 2.34. The topological polar surface area (TPSA) is 98.3 Å². The third-order valence-electron chi connectivity index (χ3n) is 3.49. The van der Waals surface area contributed by atoms with E-state index in [4.69, 9.17) is 0 Å². The molecule has 0 aliphatic carbocycles. The number of carbonyl (C=O) groups is 2. The quantitative estimate of drug-likeness (QED) is 0.781. The molecule has 2 heterocycles. The Kier molecular flexibility index (Phi) is 4.76. The summed E-state index contributed by atoms with van der Waals surface area (Å²) in [7, 11) is 0. The average molecular weight is 312 g/mol. The van der Waals surface area contributed by atoms with Gasteiger partial charge in [0, 0.05) is 23.6 Å². The zero-order valence-electron chi connectivity index (χ0n) is 12.3. The Morgan fingerprint density at radius 2 is 2.33 bits per heavy atom. The molecular formula is C13H20N4O3S. The fourth-order valence-corrected chi connectivity index (χ4v) is 3.78. The third-order valence-corrected chi connectivity index (χ3v) is 5.11. The van der Waals surface area contributed by atoms with E-state index in [2.05, 4.69) is 15.5 Å². The van der Waals surface area contributed by atoms with Gasteiger partial charge in [-0.15, -0.1) is 11.8 Å². The Bertz CT molecular complexity index is 531. The summed E-state index contributed by atoms with van der Waals surface area (Å²) in [6, 6.07) is -1.11. The van der Waals surface area contributed by atoms with Gasteiger partial charge >= 0.3 is 12.0 Å². The Morgan fingerprint density at radius 3 is 2.86 bits per heavy atom. The molecule has 1 saturated heterocycles. The van der Waals surface area contributed by atoms with Crippen LogP contribution in [0.25, 0.3) is 0 Å². The number of aryl methyl sites for hydroxylation is 1. The number of nitrogens with zero attached hydrogens (tertiary/aromatic N) is 2. The number of aromatic amines is 1. The maximum absolute atomic E-state index is 12.4. The number of carboxylic acid groups (broad SMARTS) is 1. The standard InChI is InChI=1S/C13H20N4O3S/c1-7(2)11-17(10(6-21-11)12(18)19)13(20)14-4-9-5-15-16-8(9)3/h5,7,10-11H,4,6H2,1-3H3,(H,14,20)(H,15,16)(H,18,19). The van der Waals surface area contributed by atoms with E-state index < -0.39 is 12.0 Å². The van der Waals surface area contributed by atoms with Crippen molar-refractivity contribution in [3.05, 3.63) is 17.5 Å². The van der Waals surface area contributed by atoms with Crippen molar-refractivity contribution in [1.82, 2.24) is 20.4 Å². The Balaban J connectivity index is 2.06. The molecule has 3 N–H and O–H groups in total. The minimum absolute atomic E-state index is 0.114. The molecule has 0 radical (unpaired) electrons. The van der Waals surface area contributed by atoms with Gasteiger partial charge in [0.25, 0.3) is 0 Å². The van der Waals surface area contributed by atoms with E-state index in [1.165, 1.54) is 16.7 Å². The van der Waals surface area contributed by atoms with Gasteiger partial charge in [-0.2, -0.15) is 5.10 Å². The minimum atomic E-state index is -0.958. The molecule has 1 aromatic heterocycles. The summed E-state index contributed by atoms with van der Waals surface area (Å²) >= 11 is 1.52. The first-order valence-corrected chi connectivity index (χ1v) is 7.86. The highest BCUT2D eigenvalue weighted by molar-refractivity contribution is 8.00. The van der Waals surface area contributed by atoms with Gasteiger partial charge in [-0.05, 0) is 12.8 Å². The summed E-state index contributed by atoms with van der Waals surface area (Å²) in [6.45, 7) is 6.18. The number of aromatic nitrogens is 2. The number of urea groups is 1. The molecule has 0 aromatic carbocycles. The van der Waals surface area contributed by atoms with Crippen LogP contribution < -0.4 is 5.32 Å². The van der Waals surface area contributed by atoms with Crippen LogP contribution in [-0.2, 0) is 11.3 Å². The van der Waals surface area contributed by atoms with Gasteiger partial charge in [-0.1, -0.05) is 13.8 Å². The van der Waals surface area contributed by atoms with Gasteiger partial charge in [-0.25, -0.2) is 9.59 Å². The highest BCUT2D eigenvalue weighted by Gasteiger charge is 2.42. The number of hydrogen-bond acceptors (Lipinski definition) is 4. The van der Waals surface area contributed by atoms with E-state index in [1.807, 2.05) is 20.8 Å². The smallest absolute Gasteiger partial charge is 0.327 e. The van der Waals surface area contributed by atoms with E-state index in [0.29, 0.717) is 12.3 Å². The lowest BCUT2D eigenvalue weighted by atomic mass is 10.1. The second kappa shape index (κ2) is 6.38. The van der Waals surface area contributed by atoms with Crippen molar-refractivity contribution in [1.29, 1.82) is 0 Å². The number of aliphatic carboxylic acids is 1. The van der Waals surface area contributed by atoms with E-state index in [1.54, 1.807) is 6.20 Å². The molecule has 116 valence electrons. The van der Waals surface area contributed by atoms with Crippen LogP contribution in [0.1, 0.15) is 25.1 Å². The fraction of sp³-hybridized carbons (Fsp3) is 0.615. The van der Waals surface area contributed by atoms with Crippen molar-refractivity contribution in [2.45, 2.75) is 38.7 Å². The van der Waals surface area contributed by atoms with Gasteiger partial charge in [0.15, 0.2) is 0 Å². The summed E-state index contributed by atoms with van der Waals surface area (Å²) in [5.74, 6) is -0.336. The minimum Gasteiger partial charge on any atom is -0.480 e. The molecule has 21 heavy (non-hydrogen) atoms. The van der Waals surface area contributed by atoms with Gasteiger partial charge in [0.05, 0.1) is 11.6 Å². The number of H-pyrrole nitrogens is 1. The molecule has 2 atom stereocenters.